The fraction of sp³-hybridized carbons (Fsp3) is 0.556. The average Bonchev–Trinajstić information content (AvgIpc) is 2.61. The number of hydrogen-bond acceptors (Lipinski definition) is 1. The highest BCUT2D eigenvalue weighted by Crippen LogP contribution is 2.44. The van der Waals surface area contributed by atoms with Crippen LogP contribution in [0.4, 0.5) is 0 Å². The molecule has 0 spiro atoms. The molecule has 1 heteroatoms. The lowest BCUT2D eigenvalue weighted by atomic mass is 10.2. The van der Waals surface area contributed by atoms with Crippen molar-refractivity contribution in [3.63, 3.8) is 0 Å². The molecule has 0 aliphatic heterocycles. The maximum Gasteiger partial charge on any atom is 0.0108 e. The van der Waals surface area contributed by atoms with Crippen molar-refractivity contribution in [1.82, 2.24) is 0 Å². The molecule has 54 valence electrons. The van der Waals surface area contributed by atoms with E-state index in [4.69, 9.17) is 0 Å². The van der Waals surface area contributed by atoms with Crippen LogP contribution in [0.25, 0.3) is 0 Å². The van der Waals surface area contributed by atoms with Gasteiger partial charge in [0.25, 0.3) is 0 Å². The maximum atomic E-state index is 2.30. The van der Waals surface area contributed by atoms with Gasteiger partial charge < -0.3 is 0 Å². The Labute approximate surface area is 65.9 Å². The predicted octanol–water partition coefficient (Wildman–Crippen LogP) is 3.24. The zero-order valence-corrected chi connectivity index (χ0v) is 7.29. The van der Waals surface area contributed by atoms with Gasteiger partial charge in [0, 0.05) is 9.75 Å². The molecule has 0 bridgehead atoms. The van der Waals surface area contributed by atoms with E-state index >= 15 is 0 Å². The summed E-state index contributed by atoms with van der Waals surface area (Å²) in [4.78, 5) is 3.12. The van der Waals surface area contributed by atoms with Crippen LogP contribution in [-0.2, 0) is 0 Å². The van der Waals surface area contributed by atoms with Crippen LogP contribution >= 0.6 is 11.3 Å². The van der Waals surface area contributed by atoms with Gasteiger partial charge in [0.1, 0.15) is 0 Å². The number of thiophene rings is 1. The van der Waals surface area contributed by atoms with E-state index < -0.39 is 0 Å². The first-order valence-electron chi connectivity index (χ1n) is 3.84. The van der Waals surface area contributed by atoms with E-state index in [-0.39, 0.29) is 0 Å². The topological polar surface area (TPSA) is 0 Å². The Hall–Kier alpha value is -0.300. The largest absolute Gasteiger partial charge is 0.145 e. The summed E-state index contributed by atoms with van der Waals surface area (Å²) in [6.07, 6.45) is 2.86. The van der Waals surface area contributed by atoms with Crippen LogP contribution in [0.2, 0.25) is 0 Å². The van der Waals surface area contributed by atoms with E-state index in [1.807, 2.05) is 11.3 Å². The fourth-order valence-corrected chi connectivity index (χ4v) is 2.62. The smallest absolute Gasteiger partial charge is 0.0108 e. The summed E-state index contributed by atoms with van der Waals surface area (Å²) in [5, 5.41) is 0. The summed E-state index contributed by atoms with van der Waals surface area (Å²) in [7, 11) is 0. The minimum absolute atomic E-state index is 0.943. The lowest BCUT2D eigenvalue weighted by Crippen LogP contribution is -1.72. The number of aryl methyl sites for hydroxylation is 2. The predicted molar refractivity (Wildman–Crippen MR) is 45.8 cm³/mol. The molecule has 0 atom stereocenters. The van der Waals surface area contributed by atoms with Gasteiger partial charge in [0.2, 0.25) is 0 Å². The molecule has 1 aromatic rings. The minimum atomic E-state index is 0.943. The van der Waals surface area contributed by atoms with Gasteiger partial charge in [-0.25, -0.2) is 0 Å². The molecule has 1 saturated carbocycles. The molecule has 0 unspecified atom stereocenters. The highest BCUT2D eigenvalue weighted by atomic mass is 32.1. The van der Waals surface area contributed by atoms with Gasteiger partial charge in [-0.2, -0.15) is 0 Å². The molecule has 0 aromatic carbocycles. The molecule has 0 saturated heterocycles. The molecule has 10 heavy (non-hydrogen) atoms. The van der Waals surface area contributed by atoms with Crippen molar-refractivity contribution < 1.29 is 0 Å². The second-order valence-electron chi connectivity index (χ2n) is 3.18. The van der Waals surface area contributed by atoms with Crippen molar-refractivity contribution in [2.45, 2.75) is 32.6 Å². The number of hydrogen-bond donors (Lipinski definition) is 0. The van der Waals surface area contributed by atoms with Gasteiger partial charge in [-0.15, -0.1) is 11.3 Å². The van der Waals surface area contributed by atoms with Gasteiger partial charge in [-0.05, 0) is 44.2 Å². The maximum absolute atomic E-state index is 2.30. The Morgan fingerprint density at radius 1 is 1.40 bits per heavy atom. The van der Waals surface area contributed by atoms with Gasteiger partial charge in [-0.1, -0.05) is 0 Å². The summed E-state index contributed by atoms with van der Waals surface area (Å²) in [5.74, 6) is 0.943. The second-order valence-corrected chi connectivity index (χ2v) is 4.47. The van der Waals surface area contributed by atoms with Crippen LogP contribution in [0.5, 0.6) is 0 Å². The molecule has 1 heterocycles. The normalized spacial score (nSPS) is 17.8. The molecule has 1 aliphatic rings. The van der Waals surface area contributed by atoms with Gasteiger partial charge in [0.15, 0.2) is 0 Å². The molecule has 1 fully saturated rings. The van der Waals surface area contributed by atoms with E-state index in [1.165, 1.54) is 23.3 Å². The van der Waals surface area contributed by atoms with Crippen LogP contribution in [-0.4, -0.2) is 0 Å². The van der Waals surface area contributed by atoms with E-state index in [2.05, 4.69) is 19.9 Å². The van der Waals surface area contributed by atoms with E-state index in [0.717, 1.165) is 5.92 Å². The third-order valence-corrected chi connectivity index (χ3v) is 3.34. The van der Waals surface area contributed by atoms with Gasteiger partial charge in [-0.3, -0.25) is 0 Å². The zero-order chi connectivity index (χ0) is 7.14. The summed E-state index contributed by atoms with van der Waals surface area (Å²) >= 11 is 1.98. The molecule has 0 radical (unpaired) electrons. The fourth-order valence-electron chi connectivity index (χ4n) is 1.41. The minimum Gasteiger partial charge on any atom is -0.145 e. The molecule has 0 amide bonds. The second kappa shape index (κ2) is 2.09. The van der Waals surface area contributed by atoms with E-state index in [0.29, 0.717) is 0 Å². The van der Waals surface area contributed by atoms with Crippen molar-refractivity contribution in [2.75, 3.05) is 0 Å². The lowest BCUT2D eigenvalue weighted by Gasteiger charge is -1.90. The lowest BCUT2D eigenvalue weighted by molar-refractivity contribution is 1.15. The first-order chi connectivity index (χ1) is 4.77. The summed E-state index contributed by atoms with van der Waals surface area (Å²) < 4.78 is 0. The Bertz CT molecular complexity index is 243. The Morgan fingerprint density at radius 3 is 2.50 bits per heavy atom. The molecule has 2 rings (SSSR count). The Kier molecular flexibility index (Phi) is 1.34. The van der Waals surface area contributed by atoms with Crippen LogP contribution in [0, 0.1) is 13.8 Å². The molecule has 0 nitrogen and oxygen atoms in total. The monoisotopic (exact) mass is 152 g/mol. The first kappa shape index (κ1) is 6.41. The molecule has 1 aromatic heterocycles. The van der Waals surface area contributed by atoms with Crippen molar-refractivity contribution in [3.05, 3.63) is 21.4 Å². The van der Waals surface area contributed by atoms with Gasteiger partial charge >= 0.3 is 0 Å². The Morgan fingerprint density at radius 2 is 2.10 bits per heavy atom. The quantitative estimate of drug-likeness (QED) is 0.579. The Balaban J connectivity index is 2.38. The molecular weight excluding hydrogens is 140 g/mol. The molecular formula is C9H12S. The molecule has 0 N–H and O–H groups in total. The summed E-state index contributed by atoms with van der Waals surface area (Å²) in [6, 6.07) is 2.30. The van der Waals surface area contributed by atoms with Crippen molar-refractivity contribution in [3.8, 4) is 0 Å². The van der Waals surface area contributed by atoms with E-state index in [1.54, 1.807) is 4.88 Å². The van der Waals surface area contributed by atoms with Crippen molar-refractivity contribution in [2.24, 2.45) is 0 Å². The third-order valence-electron chi connectivity index (χ3n) is 2.03. The summed E-state index contributed by atoms with van der Waals surface area (Å²) in [6.45, 7) is 4.43. The van der Waals surface area contributed by atoms with Crippen molar-refractivity contribution in [1.29, 1.82) is 0 Å². The van der Waals surface area contributed by atoms with Crippen molar-refractivity contribution >= 4 is 11.3 Å². The average molecular weight is 152 g/mol. The highest BCUT2D eigenvalue weighted by molar-refractivity contribution is 7.12. The first-order valence-corrected chi connectivity index (χ1v) is 4.66. The van der Waals surface area contributed by atoms with Gasteiger partial charge in [0.05, 0.1) is 0 Å². The van der Waals surface area contributed by atoms with E-state index in [9.17, 15) is 0 Å². The standard InChI is InChI=1S/C9H12S/c1-6-5-7(2)10-9(6)8-3-4-8/h5,8H,3-4H2,1-2H3. The number of rotatable bonds is 1. The van der Waals surface area contributed by atoms with Crippen LogP contribution < -0.4 is 0 Å². The molecule has 1 aliphatic carbocycles. The summed E-state index contributed by atoms with van der Waals surface area (Å²) in [5.41, 5.74) is 1.52. The van der Waals surface area contributed by atoms with Crippen LogP contribution in [0.3, 0.4) is 0 Å². The third kappa shape index (κ3) is 0.988. The van der Waals surface area contributed by atoms with Crippen LogP contribution in [0.15, 0.2) is 6.07 Å². The SMILES string of the molecule is Cc1cc(C)c(C2CC2)s1. The zero-order valence-electron chi connectivity index (χ0n) is 6.48. The van der Waals surface area contributed by atoms with Crippen LogP contribution in [0.1, 0.15) is 34.1 Å². The highest BCUT2D eigenvalue weighted by Gasteiger charge is 2.26.